The molecule has 0 amide bonds. The molecule has 6 nitrogen and oxygen atoms in total. The molecule has 0 unspecified atom stereocenters. The van der Waals surface area contributed by atoms with Crippen molar-refractivity contribution in [1.29, 1.82) is 0 Å². The molecule has 4 aliphatic heterocycles. The number of hydrogen-bond acceptors (Lipinski definition) is 5. The maximum absolute atomic E-state index is 6.01. The molecule has 1 aromatic carbocycles. The Bertz CT molecular complexity index is 837. The van der Waals surface area contributed by atoms with Crippen molar-refractivity contribution in [3.05, 3.63) is 29.4 Å². The van der Waals surface area contributed by atoms with Gasteiger partial charge in [0, 0.05) is 29.6 Å². The lowest BCUT2D eigenvalue weighted by molar-refractivity contribution is -0.150. The van der Waals surface area contributed by atoms with Crippen LogP contribution in [-0.2, 0) is 4.84 Å². The van der Waals surface area contributed by atoms with Crippen molar-refractivity contribution in [1.82, 2.24) is 20.3 Å². The fraction of sp³-hybridized carbons (Fsp3) is 0.471. The van der Waals surface area contributed by atoms with Crippen LogP contribution in [0.1, 0.15) is 19.3 Å². The fourth-order valence-corrected chi connectivity index (χ4v) is 4.37. The summed E-state index contributed by atoms with van der Waals surface area (Å²) < 4.78 is 0. The summed E-state index contributed by atoms with van der Waals surface area (Å²) in [4.78, 5) is 21.9. The first-order valence-electron chi connectivity index (χ1n) is 8.36. The quantitative estimate of drug-likeness (QED) is 0.824. The number of rotatable bonds is 1. The summed E-state index contributed by atoms with van der Waals surface area (Å²) in [6.07, 6.45) is 4.98. The topological polar surface area (TPSA) is 62.6 Å². The molecule has 2 bridgehead atoms. The van der Waals surface area contributed by atoms with Crippen LogP contribution in [0.15, 0.2) is 29.4 Å². The lowest BCUT2D eigenvalue weighted by atomic mass is 9.74. The summed E-state index contributed by atoms with van der Waals surface area (Å²) in [5.74, 6) is 1.88. The molecule has 1 N–H and O–H groups in total. The minimum absolute atomic E-state index is 0. The lowest BCUT2D eigenvalue weighted by Crippen LogP contribution is -2.59. The highest BCUT2D eigenvalue weighted by Gasteiger charge is 2.52. The van der Waals surface area contributed by atoms with E-state index in [9.17, 15) is 0 Å². The normalized spacial score (nSPS) is 32.1. The second-order valence-electron chi connectivity index (χ2n) is 6.93. The third-order valence-corrected chi connectivity index (χ3v) is 5.66. The Balaban J connectivity index is 0.00000157. The van der Waals surface area contributed by atoms with Crippen LogP contribution in [0.5, 0.6) is 0 Å². The van der Waals surface area contributed by atoms with Gasteiger partial charge in [-0.2, -0.15) is 4.99 Å². The summed E-state index contributed by atoms with van der Waals surface area (Å²) >= 11 is 6.00. The molecule has 4 fully saturated rings. The maximum Gasteiger partial charge on any atom is 0.251 e. The zero-order valence-electron chi connectivity index (χ0n) is 13.6. The van der Waals surface area contributed by atoms with Crippen LogP contribution in [0, 0.1) is 5.92 Å². The number of nitrogens with one attached hydrogen (secondary N) is 1. The number of hydroxylamine groups is 1. The number of nitrogens with zero attached hydrogens (tertiary/aromatic N) is 4. The van der Waals surface area contributed by atoms with Gasteiger partial charge in [-0.05, 0) is 50.0 Å². The first kappa shape index (κ1) is 17.0. The lowest BCUT2D eigenvalue weighted by Gasteiger charge is -2.49. The summed E-state index contributed by atoms with van der Waals surface area (Å²) in [7, 11) is 0. The number of amidine groups is 1. The zero-order chi connectivity index (χ0) is 16.1. The second-order valence-corrected chi connectivity index (χ2v) is 7.36. The van der Waals surface area contributed by atoms with Gasteiger partial charge in [0.1, 0.15) is 11.4 Å². The molecule has 2 aromatic rings. The average molecular weight is 380 g/mol. The Hall–Kier alpha value is -1.47. The van der Waals surface area contributed by atoms with E-state index in [0.717, 1.165) is 29.7 Å². The largest absolute Gasteiger partial charge is 0.300 e. The Kier molecular flexibility index (Phi) is 4.32. The second kappa shape index (κ2) is 6.36. The average Bonchev–Trinajstić information content (AvgIpc) is 2.98. The predicted octanol–water partition coefficient (Wildman–Crippen LogP) is 3.12. The van der Waals surface area contributed by atoms with E-state index >= 15 is 0 Å². The summed E-state index contributed by atoms with van der Waals surface area (Å²) in [6, 6.07) is 5.57. The van der Waals surface area contributed by atoms with Crippen LogP contribution < -0.4 is 5.48 Å². The SMILES string of the molecule is Cl.Clc1ccc2nc(N=C3C[C@@]4(CN5CCC4CC5)ON3)ncc2c1. The maximum atomic E-state index is 6.01. The monoisotopic (exact) mass is 379 g/mol. The van der Waals surface area contributed by atoms with Crippen molar-refractivity contribution in [2.24, 2.45) is 10.9 Å². The number of aliphatic imine (C=N–C) groups is 1. The molecule has 5 heterocycles. The number of hydrogen-bond donors (Lipinski definition) is 1. The standard InChI is InChI=1S/C17H18ClN5O.ClH/c18-13-1-2-14-11(7-13)9-19-16(20-14)21-15-8-17(24-22-15)10-23-5-3-12(17)4-6-23;/h1-2,7,9,12H,3-6,8,10H2,(H,19,20,21,22);1H/t17-;/m0./s1. The molecule has 1 spiro atoms. The van der Waals surface area contributed by atoms with Crippen LogP contribution in [0.4, 0.5) is 5.95 Å². The van der Waals surface area contributed by atoms with Crippen LogP contribution in [-0.4, -0.2) is 45.9 Å². The molecule has 4 aliphatic rings. The molecule has 25 heavy (non-hydrogen) atoms. The van der Waals surface area contributed by atoms with Crippen LogP contribution >= 0.6 is 24.0 Å². The minimum atomic E-state index is -0.125. The molecule has 0 radical (unpaired) electrons. The highest BCUT2D eigenvalue weighted by molar-refractivity contribution is 6.31. The van der Waals surface area contributed by atoms with Crippen molar-refractivity contribution < 1.29 is 4.84 Å². The smallest absolute Gasteiger partial charge is 0.251 e. The molecule has 0 aliphatic carbocycles. The van der Waals surface area contributed by atoms with Gasteiger partial charge in [0.15, 0.2) is 0 Å². The van der Waals surface area contributed by atoms with E-state index in [4.69, 9.17) is 16.4 Å². The van der Waals surface area contributed by atoms with Crippen molar-refractivity contribution in [2.45, 2.75) is 24.9 Å². The summed E-state index contributed by atoms with van der Waals surface area (Å²) in [5, 5.41) is 1.59. The van der Waals surface area contributed by atoms with Gasteiger partial charge < -0.3 is 4.90 Å². The Morgan fingerprint density at radius 3 is 2.92 bits per heavy atom. The van der Waals surface area contributed by atoms with E-state index in [1.807, 2.05) is 18.2 Å². The van der Waals surface area contributed by atoms with E-state index in [2.05, 4.69) is 25.3 Å². The summed E-state index contributed by atoms with van der Waals surface area (Å²) in [6.45, 7) is 3.37. The number of halogens is 2. The van der Waals surface area contributed by atoms with Crippen LogP contribution in [0.3, 0.4) is 0 Å². The van der Waals surface area contributed by atoms with Gasteiger partial charge in [0.2, 0.25) is 0 Å². The number of fused-ring (bicyclic) bond motifs is 3. The molecular weight excluding hydrogens is 361 g/mol. The number of aromatic nitrogens is 2. The molecule has 132 valence electrons. The van der Waals surface area contributed by atoms with Crippen LogP contribution in [0.2, 0.25) is 5.02 Å². The fourth-order valence-electron chi connectivity index (χ4n) is 4.19. The third-order valence-electron chi connectivity index (χ3n) is 5.43. The van der Waals surface area contributed by atoms with Gasteiger partial charge in [0.05, 0.1) is 5.52 Å². The zero-order valence-corrected chi connectivity index (χ0v) is 15.2. The van der Waals surface area contributed by atoms with Crippen molar-refractivity contribution in [2.75, 3.05) is 19.6 Å². The van der Waals surface area contributed by atoms with E-state index in [1.165, 1.54) is 25.9 Å². The van der Waals surface area contributed by atoms with E-state index in [1.54, 1.807) is 6.20 Å². The van der Waals surface area contributed by atoms with Crippen molar-refractivity contribution in [3.63, 3.8) is 0 Å². The van der Waals surface area contributed by atoms with Crippen molar-refractivity contribution in [3.8, 4) is 0 Å². The van der Waals surface area contributed by atoms with Crippen LogP contribution in [0.25, 0.3) is 10.9 Å². The molecule has 4 saturated heterocycles. The van der Waals surface area contributed by atoms with Gasteiger partial charge in [-0.15, -0.1) is 12.4 Å². The molecule has 6 rings (SSSR count). The number of benzene rings is 1. The Morgan fingerprint density at radius 2 is 2.16 bits per heavy atom. The van der Waals surface area contributed by atoms with E-state index in [-0.39, 0.29) is 18.0 Å². The van der Waals surface area contributed by atoms with Gasteiger partial charge in [-0.1, -0.05) is 11.6 Å². The number of piperidine rings is 3. The van der Waals surface area contributed by atoms with E-state index < -0.39 is 0 Å². The van der Waals surface area contributed by atoms with Gasteiger partial charge in [-0.3, -0.25) is 10.3 Å². The molecule has 0 saturated carbocycles. The first-order chi connectivity index (χ1) is 11.7. The minimum Gasteiger partial charge on any atom is -0.300 e. The molecular formula is C17H19Cl2N5O. The Labute approximate surface area is 157 Å². The van der Waals surface area contributed by atoms with Gasteiger partial charge >= 0.3 is 0 Å². The molecule has 8 heteroatoms. The summed E-state index contributed by atoms with van der Waals surface area (Å²) in [5.41, 5.74) is 3.74. The predicted molar refractivity (Wildman–Crippen MR) is 99.6 cm³/mol. The van der Waals surface area contributed by atoms with Gasteiger partial charge in [0.25, 0.3) is 5.95 Å². The molecule has 1 atom stereocenters. The molecule has 1 aromatic heterocycles. The third kappa shape index (κ3) is 2.97. The Morgan fingerprint density at radius 1 is 1.32 bits per heavy atom. The van der Waals surface area contributed by atoms with Crippen molar-refractivity contribution >= 4 is 46.7 Å². The highest BCUT2D eigenvalue weighted by Crippen LogP contribution is 2.42. The first-order valence-corrected chi connectivity index (χ1v) is 8.74. The highest BCUT2D eigenvalue weighted by atomic mass is 35.5. The van der Waals surface area contributed by atoms with E-state index in [0.29, 0.717) is 16.9 Å². The van der Waals surface area contributed by atoms with Gasteiger partial charge in [-0.25, -0.2) is 9.97 Å².